The second kappa shape index (κ2) is 10.1. The number of likely N-dealkylation sites (tertiary alicyclic amines) is 1. The molecule has 0 saturated carbocycles. The fraction of sp³-hybridized carbons (Fsp3) is 0.409. The maximum Gasteiger partial charge on any atom is 0.271 e. The number of amides is 1. The summed E-state index contributed by atoms with van der Waals surface area (Å²) in [7, 11) is 1.56. The van der Waals surface area contributed by atoms with E-state index in [1.54, 1.807) is 30.5 Å². The van der Waals surface area contributed by atoms with Gasteiger partial charge < -0.3 is 25.3 Å². The average molecular weight is 412 g/mol. The molecule has 0 spiro atoms. The average Bonchev–Trinajstić information content (AvgIpc) is 3.21. The van der Waals surface area contributed by atoms with Crippen molar-refractivity contribution in [2.24, 2.45) is 0 Å². The number of rotatable bonds is 8. The summed E-state index contributed by atoms with van der Waals surface area (Å²) in [5.41, 5.74) is 2.04. The van der Waals surface area contributed by atoms with Crippen LogP contribution in [0.4, 0.5) is 5.69 Å². The van der Waals surface area contributed by atoms with Gasteiger partial charge in [0, 0.05) is 61.8 Å². The number of hydrogen-bond acceptors (Lipinski definition) is 6. The van der Waals surface area contributed by atoms with Crippen LogP contribution in [0.25, 0.3) is 11.1 Å². The van der Waals surface area contributed by atoms with Crippen LogP contribution in [0.15, 0.2) is 47.5 Å². The number of anilines is 1. The van der Waals surface area contributed by atoms with E-state index in [0.29, 0.717) is 37.2 Å². The van der Waals surface area contributed by atoms with Crippen molar-refractivity contribution < 1.29 is 9.53 Å². The zero-order valence-corrected chi connectivity index (χ0v) is 17.6. The smallest absolute Gasteiger partial charge is 0.271 e. The molecule has 0 bridgehead atoms. The van der Waals surface area contributed by atoms with Gasteiger partial charge in [-0.3, -0.25) is 9.59 Å². The topological polar surface area (TPSA) is 99.4 Å². The Balaban J connectivity index is 1.63. The molecule has 0 radical (unpaired) electrons. The summed E-state index contributed by atoms with van der Waals surface area (Å²) < 4.78 is 5.17. The molecule has 8 heteroatoms. The van der Waals surface area contributed by atoms with Crippen LogP contribution in [0.2, 0.25) is 0 Å². The van der Waals surface area contributed by atoms with E-state index in [9.17, 15) is 9.59 Å². The Morgan fingerprint density at radius 2 is 2.23 bits per heavy atom. The zero-order chi connectivity index (χ0) is 21.5. The van der Waals surface area contributed by atoms with E-state index in [1.165, 1.54) is 0 Å². The highest BCUT2D eigenvalue weighted by molar-refractivity contribution is 5.87. The Bertz CT molecular complexity index is 954. The van der Waals surface area contributed by atoms with E-state index in [0.717, 1.165) is 17.5 Å². The van der Waals surface area contributed by atoms with Gasteiger partial charge in [-0.05, 0) is 24.1 Å². The van der Waals surface area contributed by atoms with Gasteiger partial charge in [-0.15, -0.1) is 0 Å². The number of hydrogen-bond donors (Lipinski definition) is 3. The van der Waals surface area contributed by atoms with Crippen molar-refractivity contribution in [3.8, 4) is 17.0 Å². The van der Waals surface area contributed by atoms with Gasteiger partial charge in [0.15, 0.2) is 0 Å². The van der Waals surface area contributed by atoms with Crippen molar-refractivity contribution in [3.63, 3.8) is 0 Å². The third-order valence-corrected chi connectivity index (χ3v) is 4.94. The summed E-state index contributed by atoms with van der Waals surface area (Å²) in [6.07, 6.45) is 7.58. The fourth-order valence-corrected chi connectivity index (χ4v) is 3.33. The van der Waals surface area contributed by atoms with Gasteiger partial charge in [-0.2, -0.15) is 0 Å². The van der Waals surface area contributed by atoms with E-state index < -0.39 is 0 Å². The van der Waals surface area contributed by atoms with Crippen LogP contribution in [0.1, 0.15) is 20.3 Å². The molecule has 160 valence electrons. The molecule has 0 aliphatic carbocycles. The number of carbonyl (C=O) groups is 1. The highest BCUT2D eigenvalue weighted by atomic mass is 16.5. The minimum atomic E-state index is -0.191. The number of aromatic nitrogens is 2. The normalized spacial score (nSPS) is 16.4. The number of nitrogens with one attached hydrogen (secondary N) is 3. The monoisotopic (exact) mass is 411 g/mol. The van der Waals surface area contributed by atoms with Crippen LogP contribution in [0, 0.1) is 0 Å². The molecule has 1 aliphatic heterocycles. The molecule has 1 saturated heterocycles. The van der Waals surface area contributed by atoms with Crippen molar-refractivity contribution >= 4 is 11.6 Å². The predicted molar refractivity (Wildman–Crippen MR) is 118 cm³/mol. The molecule has 1 amide bonds. The number of carbonyl (C=O) groups excluding carboxylic acids is 1. The Labute approximate surface area is 176 Å². The van der Waals surface area contributed by atoms with E-state index in [-0.39, 0.29) is 17.5 Å². The Morgan fingerprint density at radius 1 is 1.40 bits per heavy atom. The summed E-state index contributed by atoms with van der Waals surface area (Å²) in [4.78, 5) is 33.3. The third-order valence-electron chi connectivity index (χ3n) is 4.94. The van der Waals surface area contributed by atoms with E-state index >= 15 is 0 Å². The summed E-state index contributed by atoms with van der Waals surface area (Å²) in [6.45, 7) is 6.02. The molecular formula is C22H29N5O3. The van der Waals surface area contributed by atoms with Crippen LogP contribution < -0.4 is 20.9 Å². The quantitative estimate of drug-likeness (QED) is 0.575. The molecule has 1 atom stereocenters. The van der Waals surface area contributed by atoms with Crippen molar-refractivity contribution in [1.29, 1.82) is 0 Å². The highest BCUT2D eigenvalue weighted by Crippen LogP contribution is 2.23. The van der Waals surface area contributed by atoms with Crippen LogP contribution in [0.3, 0.4) is 0 Å². The molecule has 2 aromatic rings. The van der Waals surface area contributed by atoms with E-state index in [4.69, 9.17) is 4.74 Å². The Kier molecular flexibility index (Phi) is 7.24. The maximum atomic E-state index is 12.4. The number of methoxy groups -OCH3 is 1. The summed E-state index contributed by atoms with van der Waals surface area (Å²) in [6, 6.07) is 5.89. The largest absolute Gasteiger partial charge is 0.481 e. The molecule has 30 heavy (non-hydrogen) atoms. The van der Waals surface area contributed by atoms with Crippen molar-refractivity contribution in [2.75, 3.05) is 32.1 Å². The molecule has 0 aromatic carbocycles. The number of aromatic amines is 1. The first-order chi connectivity index (χ1) is 14.5. The van der Waals surface area contributed by atoms with Crippen LogP contribution in [0.5, 0.6) is 5.88 Å². The lowest BCUT2D eigenvalue weighted by Crippen LogP contribution is -2.31. The van der Waals surface area contributed by atoms with Gasteiger partial charge in [-0.1, -0.05) is 19.9 Å². The van der Waals surface area contributed by atoms with Gasteiger partial charge >= 0.3 is 0 Å². The first-order valence-corrected chi connectivity index (χ1v) is 10.1. The molecule has 2 aromatic heterocycles. The summed E-state index contributed by atoms with van der Waals surface area (Å²) in [5, 5.41) is 6.54. The molecule has 1 unspecified atom stereocenters. The Morgan fingerprint density at radius 3 is 3.00 bits per heavy atom. The number of H-pyrrole nitrogens is 1. The third kappa shape index (κ3) is 5.70. The van der Waals surface area contributed by atoms with Crippen molar-refractivity contribution in [3.05, 3.63) is 53.1 Å². The SMILES string of the molecule is COc1cc(-c2c[nH]c(=O)c(NC3CCN(C(=O)/C=C/CNC(C)C)C3)c2)ccn1. The molecule has 1 aliphatic rings. The lowest BCUT2D eigenvalue weighted by molar-refractivity contribution is -0.125. The number of ether oxygens (including phenoxy) is 1. The number of nitrogens with zero attached hydrogens (tertiary/aromatic N) is 2. The second-order valence-electron chi connectivity index (χ2n) is 7.60. The van der Waals surface area contributed by atoms with Gasteiger partial charge in [-0.25, -0.2) is 4.98 Å². The van der Waals surface area contributed by atoms with Crippen LogP contribution in [-0.2, 0) is 4.79 Å². The van der Waals surface area contributed by atoms with Gasteiger partial charge in [0.1, 0.15) is 5.69 Å². The molecular weight excluding hydrogens is 382 g/mol. The predicted octanol–water partition coefficient (Wildman–Crippen LogP) is 2.01. The lowest BCUT2D eigenvalue weighted by Gasteiger charge is -2.16. The molecule has 3 rings (SSSR count). The van der Waals surface area contributed by atoms with E-state index in [1.807, 2.05) is 24.3 Å². The number of pyridine rings is 2. The van der Waals surface area contributed by atoms with Crippen LogP contribution >= 0.6 is 0 Å². The molecule has 3 heterocycles. The summed E-state index contributed by atoms with van der Waals surface area (Å²) in [5.74, 6) is 0.506. The van der Waals surface area contributed by atoms with Gasteiger partial charge in [0.2, 0.25) is 11.8 Å². The van der Waals surface area contributed by atoms with Crippen molar-refractivity contribution in [1.82, 2.24) is 20.2 Å². The molecule has 8 nitrogen and oxygen atoms in total. The minimum Gasteiger partial charge on any atom is -0.481 e. The van der Waals surface area contributed by atoms with Gasteiger partial charge in [0.25, 0.3) is 5.56 Å². The first kappa shape index (κ1) is 21.6. The first-order valence-electron chi connectivity index (χ1n) is 10.1. The standard InChI is InChI=1S/C22H29N5O3/c1-15(2)23-8-4-5-21(28)27-10-7-18(14-27)26-19-11-17(13-25-22(19)29)16-6-9-24-20(12-16)30-3/h4-6,9,11-13,15,18,23,26H,7-8,10,14H2,1-3H3,(H,25,29)/b5-4+. The fourth-order valence-electron chi connectivity index (χ4n) is 3.33. The second-order valence-corrected chi connectivity index (χ2v) is 7.60. The van der Waals surface area contributed by atoms with E-state index in [2.05, 4.69) is 34.4 Å². The lowest BCUT2D eigenvalue weighted by atomic mass is 10.1. The Hall–Kier alpha value is -3.13. The molecule has 3 N–H and O–H groups in total. The van der Waals surface area contributed by atoms with Crippen LogP contribution in [-0.4, -0.2) is 59.6 Å². The maximum absolute atomic E-state index is 12.4. The minimum absolute atomic E-state index is 0.00334. The zero-order valence-electron chi connectivity index (χ0n) is 17.6. The summed E-state index contributed by atoms with van der Waals surface area (Å²) >= 11 is 0. The van der Waals surface area contributed by atoms with Crippen molar-refractivity contribution in [2.45, 2.75) is 32.4 Å². The highest BCUT2D eigenvalue weighted by Gasteiger charge is 2.25. The van der Waals surface area contributed by atoms with Gasteiger partial charge in [0.05, 0.1) is 7.11 Å². The molecule has 1 fully saturated rings.